The fraction of sp³-hybridized carbons (Fsp3) is 0.357. The lowest BCUT2D eigenvalue weighted by Gasteiger charge is -2.27. The van der Waals surface area contributed by atoms with Crippen LogP contribution in [0.2, 0.25) is 0 Å². The maximum atomic E-state index is 12.5. The molecule has 0 amide bonds. The molecule has 1 aromatic carbocycles. The molecule has 0 N–H and O–H groups in total. The van der Waals surface area contributed by atoms with Crippen LogP contribution < -0.4 is 0 Å². The van der Waals surface area contributed by atoms with Gasteiger partial charge in [-0.2, -0.15) is 4.31 Å². The molecule has 0 aliphatic carbocycles. The molecule has 0 bridgehead atoms. The predicted octanol–water partition coefficient (Wildman–Crippen LogP) is 1.71. The maximum absolute atomic E-state index is 12.5. The Morgan fingerprint density at radius 1 is 1.29 bits per heavy atom. The second-order valence-corrected chi connectivity index (χ2v) is 6.61. The topological polar surface area (TPSA) is 72.9 Å². The van der Waals surface area contributed by atoms with E-state index in [0.29, 0.717) is 0 Å². The Morgan fingerprint density at radius 3 is 2.57 bits per heavy atom. The quantitative estimate of drug-likeness (QED) is 0.627. The third kappa shape index (κ3) is 3.62. The third-order valence-corrected chi connectivity index (χ3v) is 4.96. The summed E-state index contributed by atoms with van der Waals surface area (Å²) >= 11 is 0. The van der Waals surface area contributed by atoms with Gasteiger partial charge in [-0.1, -0.05) is 23.8 Å². The Labute approximate surface area is 124 Å². The number of hydrogen-bond donors (Lipinski definition) is 0. The first-order valence-corrected chi connectivity index (χ1v) is 7.85. The lowest BCUT2D eigenvalue weighted by atomic mass is 10.2. The first-order valence-electron chi connectivity index (χ1n) is 6.41. The van der Waals surface area contributed by atoms with Gasteiger partial charge in [-0.05, 0) is 25.1 Å². The molecule has 1 heterocycles. The molecule has 1 aliphatic rings. The number of hydrogen-bond acceptors (Lipinski definition) is 5. The molecule has 0 saturated heterocycles. The van der Waals surface area contributed by atoms with E-state index in [4.69, 9.17) is 4.74 Å². The van der Waals surface area contributed by atoms with Crippen molar-refractivity contribution in [3.05, 3.63) is 42.0 Å². The molecule has 1 aromatic rings. The van der Waals surface area contributed by atoms with E-state index in [0.717, 1.165) is 5.56 Å². The number of benzene rings is 1. The number of carbonyl (C=O) groups excluding carboxylic acids is 1. The zero-order chi connectivity index (χ0) is 15.5. The summed E-state index contributed by atoms with van der Waals surface area (Å²) in [7, 11) is -2.40. The highest BCUT2D eigenvalue weighted by Crippen LogP contribution is 2.19. The van der Waals surface area contributed by atoms with Crippen molar-refractivity contribution in [2.24, 2.45) is 0 Å². The predicted molar refractivity (Wildman–Crippen MR) is 76.4 cm³/mol. The van der Waals surface area contributed by atoms with Gasteiger partial charge >= 0.3 is 6.16 Å². The normalized spacial score (nSPS) is 19.2. The molecule has 1 aliphatic heterocycles. The van der Waals surface area contributed by atoms with Gasteiger partial charge in [-0.25, -0.2) is 13.2 Å². The average molecular weight is 311 g/mol. The van der Waals surface area contributed by atoms with Crippen LogP contribution in [0.3, 0.4) is 0 Å². The molecule has 0 saturated carbocycles. The van der Waals surface area contributed by atoms with Crippen LogP contribution in [0.25, 0.3) is 0 Å². The fourth-order valence-electron chi connectivity index (χ4n) is 1.97. The summed E-state index contributed by atoms with van der Waals surface area (Å²) in [6.07, 6.45) is 1.83. The van der Waals surface area contributed by atoms with E-state index < -0.39 is 22.3 Å². The van der Waals surface area contributed by atoms with Crippen LogP contribution in [0.1, 0.15) is 5.56 Å². The Kier molecular flexibility index (Phi) is 4.64. The second-order valence-electron chi connectivity index (χ2n) is 4.67. The molecule has 0 unspecified atom stereocenters. The molecule has 0 aromatic heterocycles. The van der Waals surface area contributed by atoms with E-state index in [1.807, 2.05) is 6.92 Å². The van der Waals surface area contributed by atoms with Crippen molar-refractivity contribution in [1.82, 2.24) is 4.31 Å². The molecule has 6 nitrogen and oxygen atoms in total. The number of nitrogens with zero attached hydrogens (tertiary/aromatic N) is 1. The number of aryl methyl sites for hydroxylation is 1. The number of sulfonamides is 1. The van der Waals surface area contributed by atoms with Crippen LogP contribution in [-0.4, -0.2) is 45.2 Å². The van der Waals surface area contributed by atoms with Crippen molar-refractivity contribution >= 4 is 16.2 Å². The molecule has 21 heavy (non-hydrogen) atoms. The van der Waals surface area contributed by atoms with Gasteiger partial charge in [0.15, 0.2) is 0 Å². The molecule has 0 fully saturated rings. The van der Waals surface area contributed by atoms with Gasteiger partial charge in [0.05, 0.1) is 18.6 Å². The largest absolute Gasteiger partial charge is 0.508 e. The second kappa shape index (κ2) is 6.28. The van der Waals surface area contributed by atoms with E-state index in [1.54, 1.807) is 36.4 Å². The zero-order valence-electron chi connectivity index (χ0n) is 11.9. The lowest BCUT2D eigenvalue weighted by molar-refractivity contribution is 0.0453. The van der Waals surface area contributed by atoms with Crippen LogP contribution >= 0.6 is 0 Å². The summed E-state index contributed by atoms with van der Waals surface area (Å²) in [6, 6.07) is 6.63. The first kappa shape index (κ1) is 15.5. The number of ether oxygens (including phenoxy) is 2. The van der Waals surface area contributed by atoms with Crippen molar-refractivity contribution in [3.8, 4) is 0 Å². The van der Waals surface area contributed by atoms with Crippen LogP contribution in [0, 0.1) is 6.92 Å². The Balaban J connectivity index is 2.16. The molecule has 1 atom stereocenters. The number of carbonyl (C=O) groups is 1. The molecule has 114 valence electrons. The minimum Gasteiger partial charge on any atom is -0.438 e. The lowest BCUT2D eigenvalue weighted by Crippen LogP contribution is -2.41. The smallest absolute Gasteiger partial charge is 0.438 e. The van der Waals surface area contributed by atoms with E-state index in [2.05, 4.69) is 4.74 Å². The third-order valence-electron chi connectivity index (χ3n) is 3.12. The molecular weight excluding hydrogens is 294 g/mol. The van der Waals surface area contributed by atoms with E-state index >= 15 is 0 Å². The van der Waals surface area contributed by atoms with Crippen LogP contribution in [0.5, 0.6) is 0 Å². The number of methoxy groups -OCH3 is 1. The summed E-state index contributed by atoms with van der Waals surface area (Å²) in [5.74, 6) is 0. The minimum absolute atomic E-state index is 0.0712. The van der Waals surface area contributed by atoms with Gasteiger partial charge < -0.3 is 9.47 Å². The summed E-state index contributed by atoms with van der Waals surface area (Å²) in [6.45, 7) is 2.21. The van der Waals surface area contributed by atoms with Crippen molar-refractivity contribution < 1.29 is 22.7 Å². The summed E-state index contributed by atoms with van der Waals surface area (Å²) in [4.78, 5) is 11.3. The molecular formula is C14H17NO5S. The molecule has 0 spiro atoms. The van der Waals surface area contributed by atoms with Gasteiger partial charge in [0, 0.05) is 6.54 Å². The standard InChI is InChI=1S/C14H17NO5S/c1-11-5-7-13(8-6-11)21(17,18)15-9-3-4-12(10-15)20-14(16)19-2/h3-8,12H,9-10H2,1-2H3/t12-/m1/s1. The van der Waals surface area contributed by atoms with Gasteiger partial charge in [0.2, 0.25) is 10.0 Å². The van der Waals surface area contributed by atoms with Crippen LogP contribution in [-0.2, 0) is 19.5 Å². The SMILES string of the molecule is COC(=O)O[C@@H]1C=CCN(S(=O)(=O)c2ccc(C)cc2)C1. The first-order chi connectivity index (χ1) is 9.93. The van der Waals surface area contributed by atoms with Crippen molar-refractivity contribution in [3.63, 3.8) is 0 Å². The summed E-state index contributed by atoms with van der Waals surface area (Å²) < 4.78 is 35.7. The van der Waals surface area contributed by atoms with Gasteiger partial charge in [0.25, 0.3) is 0 Å². The van der Waals surface area contributed by atoms with Crippen molar-refractivity contribution in [2.45, 2.75) is 17.9 Å². The highest BCUT2D eigenvalue weighted by molar-refractivity contribution is 7.89. The van der Waals surface area contributed by atoms with E-state index in [-0.39, 0.29) is 18.0 Å². The monoisotopic (exact) mass is 311 g/mol. The minimum atomic E-state index is -3.60. The fourth-order valence-corrected chi connectivity index (χ4v) is 3.37. The highest BCUT2D eigenvalue weighted by Gasteiger charge is 2.29. The zero-order valence-corrected chi connectivity index (χ0v) is 12.7. The summed E-state index contributed by atoms with van der Waals surface area (Å²) in [5, 5.41) is 0. The van der Waals surface area contributed by atoms with Crippen LogP contribution in [0.4, 0.5) is 4.79 Å². The average Bonchev–Trinajstić information content (AvgIpc) is 2.48. The molecule has 7 heteroatoms. The molecule has 0 radical (unpaired) electrons. The van der Waals surface area contributed by atoms with Crippen LogP contribution in [0.15, 0.2) is 41.3 Å². The maximum Gasteiger partial charge on any atom is 0.508 e. The van der Waals surface area contributed by atoms with Gasteiger partial charge in [-0.3, -0.25) is 0 Å². The van der Waals surface area contributed by atoms with Crippen molar-refractivity contribution in [1.29, 1.82) is 0 Å². The van der Waals surface area contributed by atoms with E-state index in [1.165, 1.54) is 11.4 Å². The van der Waals surface area contributed by atoms with E-state index in [9.17, 15) is 13.2 Å². The van der Waals surface area contributed by atoms with Gasteiger partial charge in [-0.15, -0.1) is 0 Å². The molecule has 2 rings (SSSR count). The van der Waals surface area contributed by atoms with Gasteiger partial charge in [0.1, 0.15) is 6.10 Å². The Bertz CT molecular complexity index is 636. The Hall–Kier alpha value is -1.86. The highest BCUT2D eigenvalue weighted by atomic mass is 32.2. The Morgan fingerprint density at radius 2 is 1.95 bits per heavy atom. The number of rotatable bonds is 3. The van der Waals surface area contributed by atoms with Crippen molar-refractivity contribution in [2.75, 3.05) is 20.2 Å². The summed E-state index contributed by atoms with van der Waals surface area (Å²) in [5.41, 5.74) is 0.986.